The van der Waals surface area contributed by atoms with Crippen molar-refractivity contribution in [2.75, 3.05) is 14.2 Å². The summed E-state index contributed by atoms with van der Waals surface area (Å²) < 4.78 is 11.8. The molecule has 25 heavy (non-hydrogen) atoms. The third-order valence-corrected chi connectivity index (χ3v) is 6.50. The van der Waals surface area contributed by atoms with Gasteiger partial charge in [0.1, 0.15) is 0 Å². The van der Waals surface area contributed by atoms with E-state index in [4.69, 9.17) is 9.47 Å². The molecule has 1 saturated carbocycles. The van der Waals surface area contributed by atoms with Gasteiger partial charge in [0.15, 0.2) is 5.79 Å². The summed E-state index contributed by atoms with van der Waals surface area (Å²) in [5.41, 5.74) is 2.81. The molecule has 1 aliphatic carbocycles. The molecule has 1 fully saturated rings. The van der Waals surface area contributed by atoms with E-state index in [2.05, 4.69) is 52.0 Å². The predicted molar refractivity (Wildman–Crippen MR) is 106 cm³/mol. The Labute approximate surface area is 155 Å². The smallest absolute Gasteiger partial charge is 0.171 e. The van der Waals surface area contributed by atoms with Crippen LogP contribution >= 0.6 is 0 Å². The molecule has 0 N–H and O–H groups in total. The predicted octanol–water partition coefficient (Wildman–Crippen LogP) is 6.51. The zero-order valence-corrected chi connectivity index (χ0v) is 17.2. The van der Waals surface area contributed by atoms with Gasteiger partial charge in [-0.25, -0.2) is 0 Å². The molecule has 1 aliphatic rings. The molecule has 142 valence electrons. The van der Waals surface area contributed by atoms with E-state index in [-0.39, 0.29) is 5.92 Å². The Balaban J connectivity index is 2.34. The van der Waals surface area contributed by atoms with Gasteiger partial charge in [0.2, 0.25) is 0 Å². The summed E-state index contributed by atoms with van der Waals surface area (Å²) in [6, 6.07) is 8.86. The van der Waals surface area contributed by atoms with Crippen molar-refractivity contribution < 1.29 is 9.47 Å². The molecule has 0 heterocycles. The first-order valence-electron chi connectivity index (χ1n) is 10.1. The Bertz CT molecular complexity index is 513. The summed E-state index contributed by atoms with van der Waals surface area (Å²) in [7, 11) is 3.56. The maximum Gasteiger partial charge on any atom is 0.171 e. The Morgan fingerprint density at radius 2 is 1.52 bits per heavy atom. The normalized spacial score (nSPS) is 19.2. The van der Waals surface area contributed by atoms with Crippen LogP contribution in [0, 0.1) is 11.8 Å². The second-order valence-electron chi connectivity index (χ2n) is 8.37. The van der Waals surface area contributed by atoms with Crippen molar-refractivity contribution in [1.82, 2.24) is 0 Å². The summed E-state index contributed by atoms with van der Waals surface area (Å²) in [5.74, 6) is 1.70. The fraction of sp³-hybridized carbons (Fsp3) is 0.739. The SMILES string of the molecule is COC(C)(OC)C(CC(C)C1CCCCC1)c1ccccc1C(C)C. The van der Waals surface area contributed by atoms with Gasteiger partial charge in [-0.2, -0.15) is 0 Å². The van der Waals surface area contributed by atoms with Crippen LogP contribution in [0.5, 0.6) is 0 Å². The molecule has 1 aromatic rings. The lowest BCUT2D eigenvalue weighted by Gasteiger charge is -2.40. The number of ether oxygens (including phenoxy) is 2. The largest absolute Gasteiger partial charge is 0.353 e. The summed E-state index contributed by atoms with van der Waals surface area (Å²) in [5, 5.41) is 0. The number of methoxy groups -OCH3 is 2. The highest BCUT2D eigenvalue weighted by molar-refractivity contribution is 5.34. The maximum atomic E-state index is 5.90. The molecule has 2 rings (SSSR count). The first-order valence-corrected chi connectivity index (χ1v) is 10.1. The van der Waals surface area contributed by atoms with E-state index in [0.29, 0.717) is 11.8 Å². The standard InChI is InChI=1S/C23H38O2/c1-17(2)20-14-10-11-15-21(20)22(23(4,24-5)25-6)16-18(3)19-12-8-7-9-13-19/h10-11,14-15,17-19,22H,7-9,12-13,16H2,1-6H3. The van der Waals surface area contributed by atoms with Crippen molar-refractivity contribution in [3.05, 3.63) is 35.4 Å². The minimum Gasteiger partial charge on any atom is -0.353 e. The molecule has 2 nitrogen and oxygen atoms in total. The highest BCUT2D eigenvalue weighted by Gasteiger charge is 2.39. The second-order valence-corrected chi connectivity index (χ2v) is 8.37. The fourth-order valence-corrected chi connectivity index (χ4v) is 4.61. The molecule has 0 spiro atoms. The lowest BCUT2D eigenvalue weighted by molar-refractivity contribution is -0.212. The zero-order valence-electron chi connectivity index (χ0n) is 17.2. The van der Waals surface area contributed by atoms with Crippen molar-refractivity contribution in [3.8, 4) is 0 Å². The summed E-state index contributed by atoms with van der Waals surface area (Å²) in [6.07, 6.45) is 8.10. The summed E-state index contributed by atoms with van der Waals surface area (Å²) >= 11 is 0. The van der Waals surface area contributed by atoms with E-state index in [1.165, 1.54) is 43.2 Å². The Morgan fingerprint density at radius 3 is 2.04 bits per heavy atom. The van der Waals surface area contributed by atoms with Crippen LogP contribution < -0.4 is 0 Å². The van der Waals surface area contributed by atoms with Crippen molar-refractivity contribution in [2.24, 2.45) is 11.8 Å². The molecule has 2 unspecified atom stereocenters. The average Bonchev–Trinajstić information content (AvgIpc) is 2.66. The highest BCUT2D eigenvalue weighted by Crippen LogP contribution is 2.43. The second kappa shape index (κ2) is 9.19. The lowest BCUT2D eigenvalue weighted by atomic mass is 9.73. The lowest BCUT2D eigenvalue weighted by Crippen LogP contribution is -2.39. The highest BCUT2D eigenvalue weighted by atomic mass is 16.7. The van der Waals surface area contributed by atoms with Gasteiger partial charge in [-0.05, 0) is 42.2 Å². The van der Waals surface area contributed by atoms with Crippen molar-refractivity contribution in [1.29, 1.82) is 0 Å². The first-order chi connectivity index (χ1) is 11.9. The average molecular weight is 347 g/mol. The number of hydrogen-bond acceptors (Lipinski definition) is 2. The zero-order chi connectivity index (χ0) is 18.4. The molecule has 2 heteroatoms. The van der Waals surface area contributed by atoms with E-state index in [1.807, 2.05) is 0 Å². The van der Waals surface area contributed by atoms with E-state index in [1.54, 1.807) is 14.2 Å². The van der Waals surface area contributed by atoms with Crippen molar-refractivity contribution >= 4 is 0 Å². The van der Waals surface area contributed by atoms with Crippen LogP contribution in [0.2, 0.25) is 0 Å². The molecule has 0 radical (unpaired) electrons. The minimum absolute atomic E-state index is 0.248. The molecular weight excluding hydrogens is 308 g/mol. The molecule has 0 bridgehead atoms. The van der Waals surface area contributed by atoms with Gasteiger partial charge >= 0.3 is 0 Å². The van der Waals surface area contributed by atoms with Gasteiger partial charge in [-0.3, -0.25) is 0 Å². The third kappa shape index (κ3) is 4.86. The summed E-state index contributed by atoms with van der Waals surface area (Å²) in [4.78, 5) is 0. The fourth-order valence-electron chi connectivity index (χ4n) is 4.61. The molecular formula is C23H38O2. The quantitative estimate of drug-likeness (QED) is 0.500. The third-order valence-electron chi connectivity index (χ3n) is 6.50. The van der Waals surface area contributed by atoms with Gasteiger partial charge in [0.05, 0.1) is 0 Å². The molecule has 0 aliphatic heterocycles. The van der Waals surface area contributed by atoms with E-state index < -0.39 is 5.79 Å². The van der Waals surface area contributed by atoms with Gasteiger partial charge in [-0.1, -0.05) is 77.1 Å². The molecule has 2 atom stereocenters. The van der Waals surface area contributed by atoms with Gasteiger partial charge < -0.3 is 9.47 Å². The van der Waals surface area contributed by atoms with Crippen LogP contribution in [0.25, 0.3) is 0 Å². The maximum absolute atomic E-state index is 5.90. The molecule has 0 amide bonds. The Morgan fingerprint density at radius 1 is 0.960 bits per heavy atom. The van der Waals surface area contributed by atoms with Gasteiger partial charge in [0, 0.05) is 20.1 Å². The van der Waals surface area contributed by atoms with Crippen LogP contribution in [-0.4, -0.2) is 20.0 Å². The Kier molecular flexibility index (Phi) is 7.51. The van der Waals surface area contributed by atoms with Crippen LogP contribution in [0.4, 0.5) is 0 Å². The first kappa shape index (κ1) is 20.5. The van der Waals surface area contributed by atoms with Crippen LogP contribution in [0.3, 0.4) is 0 Å². The van der Waals surface area contributed by atoms with Crippen LogP contribution in [0.1, 0.15) is 89.2 Å². The summed E-state index contributed by atoms with van der Waals surface area (Å²) in [6.45, 7) is 9.09. The molecule has 0 aromatic heterocycles. The van der Waals surface area contributed by atoms with Gasteiger partial charge in [-0.15, -0.1) is 0 Å². The Hall–Kier alpha value is -0.860. The van der Waals surface area contributed by atoms with E-state index in [0.717, 1.165) is 12.3 Å². The molecule has 0 saturated heterocycles. The van der Waals surface area contributed by atoms with Crippen LogP contribution in [0.15, 0.2) is 24.3 Å². The van der Waals surface area contributed by atoms with E-state index in [9.17, 15) is 0 Å². The monoisotopic (exact) mass is 346 g/mol. The number of rotatable bonds is 8. The van der Waals surface area contributed by atoms with Crippen molar-refractivity contribution in [3.63, 3.8) is 0 Å². The number of hydrogen-bond donors (Lipinski definition) is 0. The van der Waals surface area contributed by atoms with E-state index >= 15 is 0 Å². The topological polar surface area (TPSA) is 18.5 Å². The minimum atomic E-state index is -0.589. The molecule has 1 aromatic carbocycles. The van der Waals surface area contributed by atoms with Crippen molar-refractivity contribution in [2.45, 2.75) is 83.8 Å². The van der Waals surface area contributed by atoms with Crippen LogP contribution in [-0.2, 0) is 9.47 Å². The number of benzene rings is 1. The van der Waals surface area contributed by atoms with Gasteiger partial charge in [0.25, 0.3) is 0 Å².